The molecule has 0 aromatic heterocycles. The van der Waals surface area contributed by atoms with Gasteiger partial charge in [-0.15, -0.1) is 0 Å². The maximum Gasteiger partial charge on any atom is 0.405 e. The highest BCUT2D eigenvalue weighted by molar-refractivity contribution is 14.1. The zero-order chi connectivity index (χ0) is 26.0. The lowest BCUT2D eigenvalue weighted by atomic mass is 10.1. The first-order chi connectivity index (χ1) is 15.5. The van der Waals surface area contributed by atoms with Crippen molar-refractivity contribution in [2.75, 3.05) is 0 Å². The molecule has 184 valence electrons. The van der Waals surface area contributed by atoms with Gasteiger partial charge < -0.3 is 9.47 Å². The van der Waals surface area contributed by atoms with Crippen molar-refractivity contribution in [1.29, 1.82) is 0 Å². The summed E-state index contributed by atoms with van der Waals surface area (Å²) in [6.45, 7) is 0.538. The van der Waals surface area contributed by atoms with Crippen LogP contribution in [-0.4, -0.2) is 41.2 Å². The van der Waals surface area contributed by atoms with E-state index in [1.54, 1.807) is 6.07 Å². The summed E-state index contributed by atoms with van der Waals surface area (Å²) < 4.78 is 68.9. The van der Waals surface area contributed by atoms with Crippen LogP contribution in [0.1, 0.15) is 22.8 Å². The number of nitro benzene ring substituents is 1. The Morgan fingerprint density at radius 3 is 2.38 bits per heavy atom. The average Bonchev–Trinajstić information content (AvgIpc) is 2.70. The van der Waals surface area contributed by atoms with Crippen LogP contribution in [0.5, 0.6) is 5.75 Å². The van der Waals surface area contributed by atoms with Gasteiger partial charge in [0.1, 0.15) is 5.75 Å². The molecule has 1 atom stereocenters. The van der Waals surface area contributed by atoms with Crippen molar-refractivity contribution >= 4 is 95.5 Å². The minimum absolute atomic E-state index is 0.204. The van der Waals surface area contributed by atoms with Crippen molar-refractivity contribution in [2.45, 2.75) is 24.7 Å². The standard InChI is InChI=1S/C18H12F2I3NO9S/c1-8(18(19,20)34(29,30)31)32-15(25)4-9-2-3-11(7-14(9)24(27)28)33-17(26)12-5-10(21)6-13(22)16(12)23/h2-3,5-8H,4H2,1H3,(H,29,30,31). The van der Waals surface area contributed by atoms with Crippen molar-refractivity contribution in [3.63, 3.8) is 0 Å². The first-order valence-electron chi connectivity index (χ1n) is 8.73. The number of carbonyl (C=O) groups is 2. The van der Waals surface area contributed by atoms with Crippen LogP contribution in [0, 0.1) is 20.8 Å². The fourth-order valence-electron chi connectivity index (χ4n) is 2.47. The number of benzene rings is 2. The number of halogens is 5. The van der Waals surface area contributed by atoms with E-state index in [1.165, 1.54) is 0 Å². The third-order valence-corrected chi connectivity index (χ3v) is 8.82. The number of alkyl halides is 2. The molecule has 0 heterocycles. The van der Waals surface area contributed by atoms with E-state index in [0.29, 0.717) is 10.5 Å². The van der Waals surface area contributed by atoms with Gasteiger partial charge in [-0.3, -0.25) is 19.5 Å². The second-order valence-corrected chi connectivity index (χ2v) is 11.5. The van der Waals surface area contributed by atoms with Gasteiger partial charge in [0.2, 0.25) is 0 Å². The number of nitro groups is 1. The Kier molecular flexibility index (Phi) is 9.55. The van der Waals surface area contributed by atoms with Crippen LogP contribution < -0.4 is 4.74 Å². The number of nitrogens with zero attached hydrogens (tertiary/aromatic N) is 1. The topological polar surface area (TPSA) is 150 Å². The lowest BCUT2D eigenvalue weighted by molar-refractivity contribution is -0.385. The summed E-state index contributed by atoms with van der Waals surface area (Å²) >= 11 is 6.01. The van der Waals surface area contributed by atoms with E-state index in [9.17, 15) is 36.9 Å². The van der Waals surface area contributed by atoms with Crippen LogP contribution in [0.3, 0.4) is 0 Å². The summed E-state index contributed by atoms with van der Waals surface area (Å²) in [4.78, 5) is 35.1. The molecule has 0 aliphatic carbocycles. The van der Waals surface area contributed by atoms with Crippen LogP contribution in [0.25, 0.3) is 0 Å². The first kappa shape index (κ1) is 29.0. The van der Waals surface area contributed by atoms with E-state index < -0.39 is 50.4 Å². The predicted molar refractivity (Wildman–Crippen MR) is 138 cm³/mol. The number of ether oxygens (including phenoxy) is 2. The molecule has 0 aliphatic rings. The molecule has 0 radical (unpaired) electrons. The van der Waals surface area contributed by atoms with Crippen molar-refractivity contribution in [1.82, 2.24) is 0 Å². The molecule has 0 aliphatic heterocycles. The van der Waals surface area contributed by atoms with Gasteiger partial charge in [-0.1, -0.05) is 0 Å². The van der Waals surface area contributed by atoms with Crippen LogP contribution in [-0.2, 0) is 26.1 Å². The number of hydrogen-bond donors (Lipinski definition) is 1. The highest BCUT2D eigenvalue weighted by Gasteiger charge is 2.52. The van der Waals surface area contributed by atoms with Gasteiger partial charge in [-0.25, -0.2) is 4.79 Å². The third-order valence-electron chi connectivity index (χ3n) is 4.14. The van der Waals surface area contributed by atoms with Gasteiger partial charge in [0, 0.05) is 16.3 Å². The van der Waals surface area contributed by atoms with Crippen LogP contribution in [0.15, 0.2) is 30.3 Å². The molecule has 0 spiro atoms. The van der Waals surface area contributed by atoms with E-state index in [1.807, 2.05) is 73.8 Å². The quantitative estimate of drug-likeness (QED) is 0.0767. The maximum atomic E-state index is 13.6. The Hall–Kier alpha value is -1.26. The van der Waals surface area contributed by atoms with Gasteiger partial charge in [0.25, 0.3) is 5.69 Å². The third kappa shape index (κ3) is 6.91. The fraction of sp³-hybridized carbons (Fsp3) is 0.222. The summed E-state index contributed by atoms with van der Waals surface area (Å²) in [5.74, 6) is -2.39. The van der Waals surface area contributed by atoms with E-state index in [2.05, 4.69) is 4.74 Å². The smallest absolute Gasteiger partial charge is 0.405 e. The van der Waals surface area contributed by atoms with E-state index in [-0.39, 0.29) is 16.9 Å². The first-order valence-corrected chi connectivity index (χ1v) is 13.4. The largest absolute Gasteiger partial charge is 0.455 e. The lowest BCUT2D eigenvalue weighted by Gasteiger charge is -2.20. The minimum atomic E-state index is -5.86. The molecule has 0 amide bonds. The highest BCUT2D eigenvalue weighted by atomic mass is 127. The SMILES string of the molecule is CC(OC(=O)Cc1ccc(OC(=O)c2cc(I)cc(I)c2I)cc1[N+](=O)[O-])C(F)(F)S(=O)(=O)O. The zero-order valence-electron chi connectivity index (χ0n) is 16.6. The summed E-state index contributed by atoms with van der Waals surface area (Å²) in [5, 5.41) is 6.66. The second-order valence-electron chi connectivity index (χ2n) is 6.53. The molecule has 10 nitrogen and oxygen atoms in total. The molecule has 2 aromatic rings. The van der Waals surface area contributed by atoms with Crippen molar-refractivity contribution < 1.29 is 45.7 Å². The fourth-order valence-corrected chi connectivity index (χ4v) is 5.31. The van der Waals surface area contributed by atoms with E-state index in [4.69, 9.17) is 9.29 Å². The van der Waals surface area contributed by atoms with Gasteiger partial charge in [0.15, 0.2) is 6.10 Å². The summed E-state index contributed by atoms with van der Waals surface area (Å²) in [5.41, 5.74) is -0.695. The predicted octanol–water partition coefficient (Wildman–Crippen LogP) is 4.58. The van der Waals surface area contributed by atoms with Crippen molar-refractivity contribution in [3.8, 4) is 5.75 Å². The molecule has 16 heteroatoms. The van der Waals surface area contributed by atoms with Crippen molar-refractivity contribution in [2.24, 2.45) is 0 Å². The molecule has 0 saturated carbocycles. The molecule has 1 N–H and O–H groups in total. The highest BCUT2D eigenvalue weighted by Crippen LogP contribution is 2.30. The molecular formula is C18H12F2I3NO9S. The lowest BCUT2D eigenvalue weighted by Crippen LogP contribution is -2.42. The summed E-state index contributed by atoms with van der Waals surface area (Å²) in [6, 6.07) is 6.52. The van der Waals surface area contributed by atoms with Crippen LogP contribution in [0.2, 0.25) is 0 Å². The average molecular weight is 837 g/mol. The normalized spacial score (nSPS) is 12.7. The minimum Gasteiger partial charge on any atom is -0.455 e. The molecule has 0 bridgehead atoms. The Morgan fingerprint density at radius 1 is 1.21 bits per heavy atom. The van der Waals surface area contributed by atoms with Crippen molar-refractivity contribution in [3.05, 3.63) is 62.3 Å². The second kappa shape index (κ2) is 11.2. The maximum absolute atomic E-state index is 13.6. The summed E-state index contributed by atoms with van der Waals surface area (Å²) in [7, 11) is -5.86. The molecule has 34 heavy (non-hydrogen) atoms. The Labute approximate surface area is 232 Å². The van der Waals surface area contributed by atoms with Crippen LogP contribution >= 0.6 is 67.8 Å². The Bertz CT molecular complexity index is 1270. The molecule has 1 unspecified atom stereocenters. The molecule has 2 aromatic carbocycles. The van der Waals surface area contributed by atoms with Gasteiger partial charge in [-0.05, 0) is 99.0 Å². The molecule has 2 rings (SSSR count). The number of carbonyl (C=O) groups excluding carboxylic acids is 2. The molecular weight excluding hydrogens is 825 g/mol. The molecule has 0 saturated heterocycles. The number of esters is 2. The van der Waals surface area contributed by atoms with E-state index in [0.717, 1.165) is 25.3 Å². The zero-order valence-corrected chi connectivity index (χ0v) is 23.9. The Balaban J connectivity index is 2.24. The van der Waals surface area contributed by atoms with Crippen LogP contribution in [0.4, 0.5) is 14.5 Å². The Morgan fingerprint density at radius 2 is 1.82 bits per heavy atom. The number of hydrogen-bond acceptors (Lipinski definition) is 8. The van der Waals surface area contributed by atoms with E-state index >= 15 is 0 Å². The monoisotopic (exact) mass is 837 g/mol. The molecule has 0 fully saturated rings. The van der Waals surface area contributed by atoms with Gasteiger partial charge in [-0.2, -0.15) is 17.2 Å². The van der Waals surface area contributed by atoms with Gasteiger partial charge in [0.05, 0.1) is 23.0 Å². The van der Waals surface area contributed by atoms with Gasteiger partial charge >= 0.3 is 27.3 Å². The summed E-state index contributed by atoms with van der Waals surface area (Å²) in [6.07, 6.45) is -3.43. The number of rotatable bonds is 8.